The van der Waals surface area contributed by atoms with Crippen molar-refractivity contribution in [2.45, 2.75) is 12.2 Å². The van der Waals surface area contributed by atoms with Crippen LogP contribution in [0.3, 0.4) is 0 Å². The number of hydrogen-bond donors (Lipinski definition) is 4. The zero-order valence-corrected chi connectivity index (χ0v) is 24.8. The van der Waals surface area contributed by atoms with Crippen molar-refractivity contribution in [2.24, 2.45) is 5.73 Å². The van der Waals surface area contributed by atoms with Gasteiger partial charge in [0.2, 0.25) is 11.8 Å². The van der Waals surface area contributed by atoms with E-state index >= 15 is 0 Å². The van der Waals surface area contributed by atoms with E-state index in [-0.39, 0.29) is 40.9 Å². The maximum atomic E-state index is 14.0. The number of nitrogens with two attached hydrogens (primary N) is 2. The number of carbonyl (C=O) groups is 2. The Morgan fingerprint density at radius 3 is 2.48 bits per heavy atom. The van der Waals surface area contributed by atoms with Gasteiger partial charge in [0.25, 0.3) is 0 Å². The normalized spacial score (nSPS) is 20.0. The molecule has 2 fully saturated rings. The molecule has 42 heavy (non-hydrogen) atoms. The minimum atomic E-state index is -0.686. The molecule has 15 heteroatoms. The Bertz CT molecular complexity index is 1470. The summed E-state index contributed by atoms with van der Waals surface area (Å²) in [5.41, 5.74) is 12.8. The summed E-state index contributed by atoms with van der Waals surface area (Å²) in [6.45, 7) is 3.25. The van der Waals surface area contributed by atoms with E-state index in [0.717, 1.165) is 5.39 Å². The van der Waals surface area contributed by atoms with Crippen molar-refractivity contribution in [1.29, 1.82) is 0 Å². The highest BCUT2D eigenvalue weighted by Crippen LogP contribution is 2.36. The Morgan fingerprint density at radius 1 is 1.07 bits per heavy atom. The SMILES string of the molecule is COc1cc2ncnc(N3CCN(C4CNCCN4CC(N)=O)C(C(=O)Nc4c(Cl)cc(N)cc4Cl)C3)c2cc1OC. The van der Waals surface area contributed by atoms with E-state index in [9.17, 15) is 9.59 Å². The first-order valence-electron chi connectivity index (χ1n) is 13.4. The number of rotatable bonds is 8. The summed E-state index contributed by atoms with van der Waals surface area (Å²) in [5, 5.41) is 7.50. The lowest BCUT2D eigenvalue weighted by Crippen LogP contribution is -2.68. The Morgan fingerprint density at radius 2 is 1.79 bits per heavy atom. The zero-order valence-electron chi connectivity index (χ0n) is 23.3. The van der Waals surface area contributed by atoms with Crippen molar-refractivity contribution in [1.82, 2.24) is 25.1 Å². The number of piperazine rings is 2. The van der Waals surface area contributed by atoms with Gasteiger partial charge in [-0.05, 0) is 18.2 Å². The van der Waals surface area contributed by atoms with Crippen molar-refractivity contribution in [2.75, 3.05) is 76.0 Å². The van der Waals surface area contributed by atoms with E-state index < -0.39 is 11.9 Å². The van der Waals surface area contributed by atoms with Gasteiger partial charge in [-0.2, -0.15) is 0 Å². The molecule has 5 rings (SSSR count). The third kappa shape index (κ3) is 6.10. The van der Waals surface area contributed by atoms with Crippen LogP contribution >= 0.6 is 23.2 Å². The molecule has 2 aromatic carbocycles. The van der Waals surface area contributed by atoms with Crippen LogP contribution < -0.4 is 36.5 Å². The average molecular weight is 619 g/mol. The number of nitrogens with zero attached hydrogens (tertiary/aromatic N) is 5. The molecule has 2 atom stereocenters. The number of methoxy groups -OCH3 is 2. The van der Waals surface area contributed by atoms with Gasteiger partial charge in [0.05, 0.1) is 48.2 Å². The summed E-state index contributed by atoms with van der Waals surface area (Å²) in [6.07, 6.45) is 1.23. The molecule has 0 bridgehead atoms. The van der Waals surface area contributed by atoms with Crippen LogP contribution in [0.1, 0.15) is 0 Å². The van der Waals surface area contributed by atoms with Crippen LogP contribution in [-0.4, -0.2) is 104 Å². The van der Waals surface area contributed by atoms with Gasteiger partial charge in [-0.3, -0.25) is 19.4 Å². The summed E-state index contributed by atoms with van der Waals surface area (Å²) >= 11 is 12.8. The number of primary amides is 1. The van der Waals surface area contributed by atoms with Crippen LogP contribution in [0, 0.1) is 0 Å². The fourth-order valence-corrected chi connectivity index (χ4v) is 6.16. The van der Waals surface area contributed by atoms with E-state index in [1.54, 1.807) is 20.3 Å². The molecule has 3 heterocycles. The molecule has 3 aromatic rings. The molecule has 224 valence electrons. The number of anilines is 3. The Kier molecular flexibility index (Phi) is 9.04. The van der Waals surface area contributed by atoms with E-state index in [1.807, 2.05) is 15.9 Å². The predicted molar refractivity (Wildman–Crippen MR) is 162 cm³/mol. The van der Waals surface area contributed by atoms with E-state index in [0.29, 0.717) is 61.2 Å². The Labute approximate surface area is 253 Å². The lowest BCUT2D eigenvalue weighted by Gasteiger charge is -2.49. The number of nitrogen functional groups attached to an aromatic ring is 1. The highest BCUT2D eigenvalue weighted by Gasteiger charge is 2.41. The lowest BCUT2D eigenvalue weighted by atomic mass is 10.1. The summed E-state index contributed by atoms with van der Waals surface area (Å²) in [5.74, 6) is 0.984. The minimum absolute atomic E-state index is 0.0781. The molecule has 0 radical (unpaired) electrons. The van der Waals surface area contributed by atoms with Gasteiger partial charge in [-0.15, -0.1) is 0 Å². The summed E-state index contributed by atoms with van der Waals surface area (Å²) < 4.78 is 11.0. The molecule has 0 saturated carbocycles. The summed E-state index contributed by atoms with van der Waals surface area (Å²) in [4.78, 5) is 41.1. The van der Waals surface area contributed by atoms with Gasteiger partial charge in [-0.1, -0.05) is 23.2 Å². The molecule has 1 aromatic heterocycles. The largest absolute Gasteiger partial charge is 0.493 e. The van der Waals surface area contributed by atoms with Gasteiger partial charge < -0.3 is 36.5 Å². The van der Waals surface area contributed by atoms with E-state index in [2.05, 4.69) is 25.5 Å². The first-order valence-corrected chi connectivity index (χ1v) is 14.1. The van der Waals surface area contributed by atoms with Crippen LogP contribution in [0.4, 0.5) is 17.2 Å². The van der Waals surface area contributed by atoms with Gasteiger partial charge in [0, 0.05) is 56.4 Å². The third-order valence-corrected chi connectivity index (χ3v) is 8.12. The van der Waals surface area contributed by atoms with Crippen LogP contribution in [0.2, 0.25) is 10.0 Å². The number of hydrogen-bond acceptors (Lipinski definition) is 11. The second-order valence-corrected chi connectivity index (χ2v) is 10.9. The van der Waals surface area contributed by atoms with E-state index in [1.165, 1.54) is 18.5 Å². The topological polar surface area (TPSA) is 164 Å². The zero-order chi connectivity index (χ0) is 30.0. The average Bonchev–Trinajstić information content (AvgIpc) is 2.97. The fourth-order valence-electron chi connectivity index (χ4n) is 5.56. The number of halogens is 2. The molecule has 6 N–H and O–H groups in total. The first kappa shape index (κ1) is 29.9. The van der Waals surface area contributed by atoms with Crippen molar-refractivity contribution >= 4 is 63.1 Å². The number of benzene rings is 2. The molecule has 2 unspecified atom stereocenters. The van der Waals surface area contributed by atoms with Gasteiger partial charge in [0.1, 0.15) is 18.2 Å². The minimum Gasteiger partial charge on any atom is -0.493 e. The second-order valence-electron chi connectivity index (χ2n) is 10.1. The quantitative estimate of drug-likeness (QED) is 0.270. The van der Waals surface area contributed by atoms with Gasteiger partial charge in [0.15, 0.2) is 11.5 Å². The van der Waals surface area contributed by atoms with Crippen LogP contribution in [0.5, 0.6) is 11.5 Å². The first-order chi connectivity index (χ1) is 20.2. The number of carbonyl (C=O) groups excluding carboxylic acids is 2. The highest BCUT2D eigenvalue weighted by atomic mass is 35.5. The maximum Gasteiger partial charge on any atom is 0.243 e. The second kappa shape index (κ2) is 12.7. The molecule has 2 aliphatic heterocycles. The monoisotopic (exact) mass is 617 g/mol. The van der Waals surface area contributed by atoms with E-state index in [4.69, 9.17) is 44.1 Å². The summed E-state index contributed by atoms with van der Waals surface area (Å²) in [6, 6.07) is 6.00. The predicted octanol–water partition coefficient (Wildman–Crippen LogP) is 1.38. The summed E-state index contributed by atoms with van der Waals surface area (Å²) in [7, 11) is 3.13. The maximum absolute atomic E-state index is 14.0. The Balaban J connectivity index is 1.51. The number of nitrogens with one attached hydrogen (secondary N) is 2. The molecular weight excluding hydrogens is 585 g/mol. The van der Waals surface area contributed by atoms with Crippen molar-refractivity contribution in [3.05, 3.63) is 40.6 Å². The van der Waals surface area contributed by atoms with Crippen molar-refractivity contribution in [3.63, 3.8) is 0 Å². The molecule has 0 spiro atoms. The number of ether oxygens (including phenoxy) is 2. The molecule has 2 aliphatic rings. The smallest absolute Gasteiger partial charge is 0.243 e. The molecule has 2 saturated heterocycles. The molecule has 0 aliphatic carbocycles. The van der Waals surface area contributed by atoms with Crippen molar-refractivity contribution in [3.8, 4) is 11.5 Å². The highest BCUT2D eigenvalue weighted by molar-refractivity contribution is 6.40. The standard InChI is InChI=1S/C27H33Cl2N9O4/c1-41-21-9-16-19(10-22(21)42-2)33-14-34-26(16)37-5-6-38(24-11-32-3-4-36(24)13-23(31)39)20(12-37)27(40)35-25-17(28)7-15(30)8-18(25)29/h7-10,14,20,24,32H,3-6,11-13,30H2,1-2H3,(H2,31,39)(H,35,40). The fraction of sp³-hybridized carbons (Fsp3) is 0.407. The lowest BCUT2D eigenvalue weighted by molar-refractivity contribution is -0.127. The number of amides is 2. The Hall–Kier alpha value is -3.62. The molecular formula is C27H33Cl2N9O4. The van der Waals surface area contributed by atoms with Crippen LogP contribution in [0.15, 0.2) is 30.6 Å². The van der Waals surface area contributed by atoms with Crippen LogP contribution in [0.25, 0.3) is 10.9 Å². The number of fused-ring (bicyclic) bond motifs is 1. The third-order valence-electron chi connectivity index (χ3n) is 7.52. The van der Waals surface area contributed by atoms with Crippen molar-refractivity contribution < 1.29 is 19.1 Å². The number of aromatic nitrogens is 2. The van der Waals surface area contributed by atoms with Gasteiger partial charge >= 0.3 is 0 Å². The van der Waals surface area contributed by atoms with Gasteiger partial charge in [-0.25, -0.2) is 9.97 Å². The molecule has 13 nitrogen and oxygen atoms in total. The molecule has 2 amide bonds. The van der Waals surface area contributed by atoms with Crippen LogP contribution in [-0.2, 0) is 9.59 Å².